The summed E-state index contributed by atoms with van der Waals surface area (Å²) >= 11 is 0. The number of ether oxygens (including phenoxy) is 1. The van der Waals surface area contributed by atoms with Crippen molar-refractivity contribution in [3.8, 4) is 0 Å². The lowest BCUT2D eigenvalue weighted by molar-refractivity contribution is -0.123. The Morgan fingerprint density at radius 1 is 1.08 bits per heavy atom. The van der Waals surface area contributed by atoms with Crippen LogP contribution in [0.4, 0.5) is 5.69 Å². The largest absolute Gasteiger partial charge is 0.449 e. The van der Waals surface area contributed by atoms with E-state index in [4.69, 9.17) is 14.9 Å². The lowest BCUT2D eigenvalue weighted by Crippen LogP contribution is -2.29. The third-order valence-corrected chi connectivity index (χ3v) is 3.72. The quantitative estimate of drug-likeness (QED) is 0.686. The molecule has 0 aliphatic rings. The third kappa shape index (κ3) is 3.72. The lowest BCUT2D eigenvalue weighted by Gasteiger charge is -2.12. The second-order valence-corrected chi connectivity index (χ2v) is 5.63. The number of hydrogen-bond donors (Lipinski definition) is 2. The van der Waals surface area contributed by atoms with Crippen LogP contribution in [0.2, 0.25) is 0 Å². The number of carbonyl (C=O) groups excluding carboxylic acids is 3. The number of fused-ring (bicyclic) bond motifs is 1. The van der Waals surface area contributed by atoms with Gasteiger partial charge in [-0.15, -0.1) is 0 Å². The summed E-state index contributed by atoms with van der Waals surface area (Å²) in [6, 6.07) is 14.8. The van der Waals surface area contributed by atoms with Gasteiger partial charge in [-0.1, -0.05) is 18.2 Å². The van der Waals surface area contributed by atoms with Gasteiger partial charge < -0.3 is 20.2 Å². The molecule has 1 aromatic heterocycles. The standard InChI is InChI=1S/C19H16N2O5/c1-11(18(23)21-14-8-6-12(7-9-14)17(20)22)25-19(24)16-10-13-4-2-3-5-15(13)26-16/h2-11H,1H3,(H2,20,22)(H,21,23). The Labute approximate surface area is 148 Å². The highest BCUT2D eigenvalue weighted by molar-refractivity contribution is 5.98. The van der Waals surface area contributed by atoms with Crippen LogP contribution < -0.4 is 11.1 Å². The maximum Gasteiger partial charge on any atom is 0.375 e. The second-order valence-electron chi connectivity index (χ2n) is 5.63. The summed E-state index contributed by atoms with van der Waals surface area (Å²) in [6.07, 6.45) is -1.04. The van der Waals surface area contributed by atoms with Crippen LogP contribution >= 0.6 is 0 Å². The van der Waals surface area contributed by atoms with E-state index >= 15 is 0 Å². The van der Waals surface area contributed by atoms with E-state index in [0.29, 0.717) is 16.8 Å². The molecule has 2 aromatic carbocycles. The molecule has 0 aliphatic carbocycles. The van der Waals surface area contributed by atoms with Crippen molar-refractivity contribution in [1.82, 2.24) is 0 Å². The van der Waals surface area contributed by atoms with Crippen molar-refractivity contribution in [2.45, 2.75) is 13.0 Å². The first-order valence-electron chi connectivity index (χ1n) is 7.84. The molecule has 3 rings (SSSR count). The molecule has 0 saturated carbocycles. The summed E-state index contributed by atoms with van der Waals surface area (Å²) in [5.74, 6) is -1.78. The topological polar surface area (TPSA) is 112 Å². The smallest absolute Gasteiger partial charge is 0.375 e. The molecule has 0 radical (unpaired) electrons. The molecule has 1 atom stereocenters. The van der Waals surface area contributed by atoms with E-state index in [0.717, 1.165) is 5.39 Å². The van der Waals surface area contributed by atoms with Crippen LogP contribution in [-0.2, 0) is 9.53 Å². The monoisotopic (exact) mass is 352 g/mol. The first kappa shape index (κ1) is 17.2. The van der Waals surface area contributed by atoms with Crippen LogP contribution in [0.25, 0.3) is 11.0 Å². The molecular weight excluding hydrogens is 336 g/mol. The van der Waals surface area contributed by atoms with Gasteiger partial charge in [-0.05, 0) is 43.3 Å². The summed E-state index contributed by atoms with van der Waals surface area (Å²) < 4.78 is 10.6. The number of hydrogen-bond acceptors (Lipinski definition) is 5. The van der Waals surface area contributed by atoms with Gasteiger partial charge in [-0.25, -0.2) is 4.79 Å². The molecule has 7 nitrogen and oxygen atoms in total. The average molecular weight is 352 g/mol. The zero-order chi connectivity index (χ0) is 18.7. The number of para-hydroxylation sites is 1. The van der Waals surface area contributed by atoms with Gasteiger partial charge in [0.1, 0.15) is 5.58 Å². The van der Waals surface area contributed by atoms with Crippen molar-refractivity contribution in [3.63, 3.8) is 0 Å². The molecular formula is C19H16N2O5. The Bertz CT molecular complexity index is 942. The Balaban J connectivity index is 1.62. The van der Waals surface area contributed by atoms with E-state index in [-0.39, 0.29) is 5.76 Å². The molecule has 7 heteroatoms. The number of amides is 2. The van der Waals surface area contributed by atoms with Crippen molar-refractivity contribution in [2.75, 3.05) is 5.32 Å². The number of rotatable bonds is 5. The zero-order valence-corrected chi connectivity index (χ0v) is 13.9. The first-order chi connectivity index (χ1) is 12.4. The van der Waals surface area contributed by atoms with Crippen molar-refractivity contribution in [2.24, 2.45) is 5.73 Å². The van der Waals surface area contributed by atoms with Crippen LogP contribution in [0.3, 0.4) is 0 Å². The fourth-order valence-corrected chi connectivity index (χ4v) is 2.32. The fraction of sp³-hybridized carbons (Fsp3) is 0.105. The van der Waals surface area contributed by atoms with Gasteiger partial charge in [0.2, 0.25) is 11.7 Å². The Kier molecular flexibility index (Phi) is 4.70. The van der Waals surface area contributed by atoms with E-state index in [1.54, 1.807) is 18.2 Å². The Hall–Kier alpha value is -3.61. The SMILES string of the molecule is CC(OC(=O)c1cc2ccccc2o1)C(=O)Nc1ccc(C(N)=O)cc1. The van der Waals surface area contributed by atoms with Gasteiger partial charge in [0, 0.05) is 16.6 Å². The molecule has 26 heavy (non-hydrogen) atoms. The molecule has 0 spiro atoms. The summed E-state index contributed by atoms with van der Waals surface area (Å²) in [5.41, 5.74) is 6.50. The van der Waals surface area contributed by atoms with Gasteiger partial charge in [0.25, 0.3) is 5.91 Å². The number of furan rings is 1. The number of esters is 1. The summed E-state index contributed by atoms with van der Waals surface area (Å²) in [4.78, 5) is 35.3. The normalized spacial score (nSPS) is 11.7. The molecule has 0 bridgehead atoms. The van der Waals surface area contributed by atoms with Gasteiger partial charge in [0.05, 0.1) is 0 Å². The fourth-order valence-electron chi connectivity index (χ4n) is 2.32. The number of primary amides is 1. The van der Waals surface area contributed by atoms with Crippen LogP contribution in [0.15, 0.2) is 59.0 Å². The summed E-state index contributed by atoms with van der Waals surface area (Å²) in [7, 11) is 0. The molecule has 0 saturated heterocycles. The number of nitrogens with two attached hydrogens (primary N) is 1. The number of benzene rings is 2. The average Bonchev–Trinajstić information content (AvgIpc) is 3.06. The highest BCUT2D eigenvalue weighted by Crippen LogP contribution is 2.20. The zero-order valence-electron chi connectivity index (χ0n) is 13.9. The van der Waals surface area contributed by atoms with Gasteiger partial charge in [-0.2, -0.15) is 0 Å². The van der Waals surface area contributed by atoms with Crippen molar-refractivity contribution >= 4 is 34.4 Å². The van der Waals surface area contributed by atoms with Crippen LogP contribution in [-0.4, -0.2) is 23.9 Å². The van der Waals surface area contributed by atoms with E-state index in [1.807, 2.05) is 12.1 Å². The summed E-state index contributed by atoms with van der Waals surface area (Å²) in [6.45, 7) is 1.45. The number of carbonyl (C=O) groups is 3. The highest BCUT2D eigenvalue weighted by Gasteiger charge is 2.21. The highest BCUT2D eigenvalue weighted by atomic mass is 16.6. The molecule has 3 N–H and O–H groups in total. The van der Waals surface area contributed by atoms with Crippen molar-refractivity contribution < 1.29 is 23.5 Å². The van der Waals surface area contributed by atoms with Crippen LogP contribution in [0.1, 0.15) is 27.8 Å². The molecule has 2 amide bonds. The number of nitrogens with one attached hydrogen (secondary N) is 1. The predicted octanol–water partition coefficient (Wildman–Crippen LogP) is 2.72. The molecule has 1 heterocycles. The first-order valence-corrected chi connectivity index (χ1v) is 7.84. The second kappa shape index (κ2) is 7.10. The number of anilines is 1. The maximum absolute atomic E-state index is 12.2. The van der Waals surface area contributed by atoms with E-state index in [1.165, 1.54) is 31.2 Å². The summed E-state index contributed by atoms with van der Waals surface area (Å²) in [5, 5.41) is 3.36. The molecule has 132 valence electrons. The van der Waals surface area contributed by atoms with E-state index in [9.17, 15) is 14.4 Å². The van der Waals surface area contributed by atoms with E-state index in [2.05, 4.69) is 5.32 Å². The minimum Gasteiger partial charge on any atom is -0.449 e. The minimum absolute atomic E-state index is 0.0247. The molecule has 1 unspecified atom stereocenters. The minimum atomic E-state index is -1.04. The van der Waals surface area contributed by atoms with Crippen molar-refractivity contribution in [1.29, 1.82) is 0 Å². The maximum atomic E-state index is 12.2. The van der Waals surface area contributed by atoms with Gasteiger partial charge in [-0.3, -0.25) is 9.59 Å². The third-order valence-electron chi connectivity index (χ3n) is 3.72. The van der Waals surface area contributed by atoms with Gasteiger partial charge in [0.15, 0.2) is 6.10 Å². The lowest BCUT2D eigenvalue weighted by atomic mass is 10.2. The Morgan fingerprint density at radius 3 is 2.42 bits per heavy atom. The molecule has 0 aliphatic heterocycles. The van der Waals surface area contributed by atoms with Crippen molar-refractivity contribution in [3.05, 3.63) is 65.9 Å². The van der Waals surface area contributed by atoms with E-state index < -0.39 is 23.9 Å². The Morgan fingerprint density at radius 2 is 1.77 bits per heavy atom. The predicted molar refractivity (Wildman–Crippen MR) is 94.7 cm³/mol. The molecule has 0 fully saturated rings. The van der Waals surface area contributed by atoms with Crippen LogP contribution in [0.5, 0.6) is 0 Å². The van der Waals surface area contributed by atoms with Crippen LogP contribution in [0, 0.1) is 0 Å². The molecule has 3 aromatic rings. The van der Waals surface area contributed by atoms with Gasteiger partial charge >= 0.3 is 5.97 Å².